The standard InChI is InChI=1S/C12H19NO3S/c1-3-17(16)8-7-13-9(2)12-10(14)5-4-6-11(12)15/h4-6,9,13-15H,3,7-8H2,1-2H3. The fraction of sp³-hybridized carbons (Fsp3) is 0.500. The summed E-state index contributed by atoms with van der Waals surface area (Å²) in [7, 11) is -0.798. The van der Waals surface area contributed by atoms with Crippen molar-refractivity contribution in [2.24, 2.45) is 0 Å². The minimum absolute atomic E-state index is 0.0709. The molecule has 1 aromatic rings. The van der Waals surface area contributed by atoms with Crippen molar-refractivity contribution in [3.63, 3.8) is 0 Å². The molecular weight excluding hydrogens is 238 g/mol. The summed E-state index contributed by atoms with van der Waals surface area (Å²) in [5.41, 5.74) is 0.481. The van der Waals surface area contributed by atoms with E-state index in [0.29, 0.717) is 23.6 Å². The fourth-order valence-corrected chi connectivity index (χ4v) is 2.25. The first-order chi connectivity index (χ1) is 8.06. The molecule has 0 aliphatic rings. The number of phenolic OH excluding ortho intramolecular Hbond substituents is 2. The Morgan fingerprint density at radius 1 is 1.35 bits per heavy atom. The van der Waals surface area contributed by atoms with Crippen molar-refractivity contribution in [3.05, 3.63) is 23.8 Å². The van der Waals surface area contributed by atoms with Crippen LogP contribution in [-0.2, 0) is 10.8 Å². The van der Waals surface area contributed by atoms with E-state index in [2.05, 4.69) is 5.32 Å². The number of hydrogen-bond acceptors (Lipinski definition) is 4. The third kappa shape index (κ3) is 4.02. The third-order valence-corrected chi connectivity index (χ3v) is 3.90. The van der Waals surface area contributed by atoms with E-state index in [1.807, 2.05) is 13.8 Å². The lowest BCUT2D eigenvalue weighted by molar-refractivity contribution is 0.421. The van der Waals surface area contributed by atoms with E-state index in [1.54, 1.807) is 6.07 Å². The van der Waals surface area contributed by atoms with Crippen LogP contribution in [0.2, 0.25) is 0 Å². The van der Waals surface area contributed by atoms with E-state index in [0.717, 1.165) is 0 Å². The van der Waals surface area contributed by atoms with Crippen molar-refractivity contribution >= 4 is 10.8 Å². The normalized spacial score (nSPS) is 14.5. The maximum Gasteiger partial charge on any atom is 0.124 e. The van der Waals surface area contributed by atoms with Crippen molar-refractivity contribution in [3.8, 4) is 11.5 Å². The molecule has 17 heavy (non-hydrogen) atoms. The molecule has 0 saturated carbocycles. The van der Waals surface area contributed by atoms with E-state index in [1.165, 1.54) is 12.1 Å². The molecule has 0 saturated heterocycles. The molecular formula is C12H19NO3S. The van der Waals surface area contributed by atoms with Gasteiger partial charge in [-0.2, -0.15) is 0 Å². The van der Waals surface area contributed by atoms with Gasteiger partial charge in [-0.15, -0.1) is 0 Å². The van der Waals surface area contributed by atoms with Gasteiger partial charge in [0.05, 0.1) is 5.56 Å². The van der Waals surface area contributed by atoms with Crippen LogP contribution in [0.5, 0.6) is 11.5 Å². The van der Waals surface area contributed by atoms with Gasteiger partial charge >= 0.3 is 0 Å². The Labute approximate surface area is 104 Å². The Balaban J connectivity index is 2.58. The lowest BCUT2D eigenvalue weighted by Gasteiger charge is -2.16. The molecule has 0 aromatic heterocycles. The van der Waals surface area contributed by atoms with Gasteiger partial charge in [0.2, 0.25) is 0 Å². The molecule has 3 N–H and O–H groups in total. The largest absolute Gasteiger partial charge is 0.507 e. The van der Waals surface area contributed by atoms with Crippen LogP contribution in [0.4, 0.5) is 0 Å². The molecule has 0 spiro atoms. The number of rotatable bonds is 6. The van der Waals surface area contributed by atoms with Gasteiger partial charge < -0.3 is 15.5 Å². The maximum atomic E-state index is 11.2. The summed E-state index contributed by atoms with van der Waals surface area (Å²) in [6, 6.07) is 4.49. The summed E-state index contributed by atoms with van der Waals surface area (Å²) in [4.78, 5) is 0. The van der Waals surface area contributed by atoms with Crippen LogP contribution in [0, 0.1) is 0 Å². The highest BCUT2D eigenvalue weighted by Gasteiger charge is 2.14. The molecule has 1 rings (SSSR count). The second kappa shape index (κ2) is 6.61. The average Bonchev–Trinajstić information content (AvgIpc) is 2.28. The van der Waals surface area contributed by atoms with Gasteiger partial charge in [0, 0.05) is 34.9 Å². The van der Waals surface area contributed by atoms with Gasteiger partial charge in [0.15, 0.2) is 0 Å². The van der Waals surface area contributed by atoms with E-state index in [-0.39, 0.29) is 17.5 Å². The van der Waals surface area contributed by atoms with Crippen molar-refractivity contribution in [1.82, 2.24) is 5.32 Å². The molecule has 96 valence electrons. The van der Waals surface area contributed by atoms with Crippen LogP contribution in [0.15, 0.2) is 18.2 Å². The summed E-state index contributed by atoms with van der Waals surface area (Å²) in [6.07, 6.45) is 0. The van der Waals surface area contributed by atoms with Crippen molar-refractivity contribution in [2.45, 2.75) is 19.9 Å². The topological polar surface area (TPSA) is 69.6 Å². The number of aromatic hydroxyl groups is 2. The minimum atomic E-state index is -0.798. The molecule has 0 radical (unpaired) electrons. The van der Waals surface area contributed by atoms with E-state index < -0.39 is 10.8 Å². The summed E-state index contributed by atoms with van der Waals surface area (Å²) >= 11 is 0. The van der Waals surface area contributed by atoms with Crippen LogP contribution in [0.1, 0.15) is 25.5 Å². The Morgan fingerprint density at radius 3 is 2.47 bits per heavy atom. The zero-order valence-corrected chi connectivity index (χ0v) is 11.0. The molecule has 0 amide bonds. The second-order valence-electron chi connectivity index (χ2n) is 3.82. The third-order valence-electron chi connectivity index (χ3n) is 2.60. The highest BCUT2D eigenvalue weighted by molar-refractivity contribution is 7.84. The fourth-order valence-electron chi connectivity index (χ4n) is 1.62. The zero-order valence-electron chi connectivity index (χ0n) is 10.1. The Kier molecular flexibility index (Phi) is 5.44. The number of benzene rings is 1. The monoisotopic (exact) mass is 257 g/mol. The van der Waals surface area contributed by atoms with E-state index >= 15 is 0 Å². The highest BCUT2D eigenvalue weighted by Crippen LogP contribution is 2.31. The van der Waals surface area contributed by atoms with Gasteiger partial charge in [-0.3, -0.25) is 4.21 Å². The molecule has 2 atom stereocenters. The van der Waals surface area contributed by atoms with Gasteiger partial charge in [-0.1, -0.05) is 13.0 Å². The lowest BCUT2D eigenvalue weighted by atomic mass is 10.1. The summed E-state index contributed by atoms with van der Waals surface area (Å²) in [6.45, 7) is 4.33. The van der Waals surface area contributed by atoms with Gasteiger partial charge in [0.25, 0.3) is 0 Å². The summed E-state index contributed by atoms with van der Waals surface area (Å²) in [5.74, 6) is 1.37. The molecule has 1 aromatic carbocycles. The van der Waals surface area contributed by atoms with Gasteiger partial charge in [0.1, 0.15) is 11.5 Å². The lowest BCUT2D eigenvalue weighted by Crippen LogP contribution is -2.24. The second-order valence-corrected chi connectivity index (χ2v) is 5.68. The van der Waals surface area contributed by atoms with Crippen LogP contribution in [-0.4, -0.2) is 32.5 Å². The Morgan fingerprint density at radius 2 is 1.94 bits per heavy atom. The van der Waals surface area contributed by atoms with Gasteiger partial charge in [-0.25, -0.2) is 0 Å². The summed E-state index contributed by atoms with van der Waals surface area (Å²) < 4.78 is 11.2. The van der Waals surface area contributed by atoms with Crippen molar-refractivity contribution in [2.75, 3.05) is 18.1 Å². The first-order valence-electron chi connectivity index (χ1n) is 5.65. The van der Waals surface area contributed by atoms with Crippen LogP contribution >= 0.6 is 0 Å². The smallest absolute Gasteiger partial charge is 0.124 e. The maximum absolute atomic E-state index is 11.2. The quantitative estimate of drug-likeness (QED) is 0.722. The number of hydrogen-bond donors (Lipinski definition) is 3. The molecule has 0 heterocycles. The van der Waals surface area contributed by atoms with Crippen LogP contribution in [0.3, 0.4) is 0 Å². The van der Waals surface area contributed by atoms with Crippen molar-refractivity contribution in [1.29, 1.82) is 0 Å². The number of phenols is 2. The molecule has 0 aliphatic heterocycles. The first-order valence-corrected chi connectivity index (χ1v) is 7.14. The Hall–Kier alpha value is -1.07. The number of nitrogens with one attached hydrogen (secondary N) is 1. The molecule has 0 bridgehead atoms. The van der Waals surface area contributed by atoms with Crippen LogP contribution < -0.4 is 5.32 Å². The molecule has 0 aliphatic carbocycles. The summed E-state index contributed by atoms with van der Waals surface area (Å²) in [5, 5.41) is 22.4. The van der Waals surface area contributed by atoms with Crippen LogP contribution in [0.25, 0.3) is 0 Å². The first kappa shape index (κ1) is 14.0. The average molecular weight is 257 g/mol. The molecule has 2 unspecified atom stereocenters. The molecule has 4 nitrogen and oxygen atoms in total. The van der Waals surface area contributed by atoms with Gasteiger partial charge in [-0.05, 0) is 19.1 Å². The predicted octanol–water partition coefficient (Wildman–Crippen LogP) is 1.52. The van der Waals surface area contributed by atoms with Crippen molar-refractivity contribution < 1.29 is 14.4 Å². The zero-order chi connectivity index (χ0) is 12.8. The van der Waals surface area contributed by atoms with E-state index in [9.17, 15) is 14.4 Å². The van der Waals surface area contributed by atoms with E-state index in [4.69, 9.17) is 0 Å². The molecule has 0 fully saturated rings. The Bertz CT molecular complexity index is 375. The highest BCUT2D eigenvalue weighted by atomic mass is 32.2. The minimum Gasteiger partial charge on any atom is -0.507 e. The SMILES string of the molecule is CCS(=O)CCNC(C)c1c(O)cccc1O. The predicted molar refractivity (Wildman–Crippen MR) is 69.7 cm³/mol. The molecule has 5 heteroatoms.